The monoisotopic (exact) mass is 353 g/mol. The van der Waals surface area contributed by atoms with Crippen molar-refractivity contribution in [3.8, 4) is 5.75 Å². The molecule has 1 aliphatic heterocycles. The molecule has 0 bridgehead atoms. The van der Waals surface area contributed by atoms with E-state index in [-0.39, 0.29) is 31.4 Å². The van der Waals surface area contributed by atoms with E-state index >= 15 is 0 Å². The summed E-state index contributed by atoms with van der Waals surface area (Å²) in [6.07, 6.45) is -0.0472. The van der Waals surface area contributed by atoms with Gasteiger partial charge in [0.15, 0.2) is 0 Å². The first-order valence-corrected chi connectivity index (χ1v) is 8.25. The van der Waals surface area contributed by atoms with E-state index < -0.39 is 5.97 Å². The summed E-state index contributed by atoms with van der Waals surface area (Å²) >= 11 is 0. The standard InChI is InChI=1S/C20H19NO5/c1-13-6-7-16-17(10-13)20(24)21(19(16)23)9-8-18(22)26-12-14-4-3-5-15(11-14)25-2/h3-7,10-11H,8-9,12H2,1-2H3. The Kier molecular flexibility index (Phi) is 5.02. The quantitative estimate of drug-likeness (QED) is 0.590. The molecule has 0 unspecified atom stereocenters. The molecule has 2 aromatic carbocycles. The molecule has 2 aromatic rings. The molecule has 0 radical (unpaired) electrons. The van der Waals surface area contributed by atoms with E-state index in [9.17, 15) is 14.4 Å². The fourth-order valence-corrected chi connectivity index (χ4v) is 2.81. The lowest BCUT2D eigenvalue weighted by Crippen LogP contribution is -2.32. The van der Waals surface area contributed by atoms with Gasteiger partial charge in [0, 0.05) is 6.54 Å². The molecule has 0 atom stereocenters. The number of hydrogen-bond donors (Lipinski definition) is 0. The minimum absolute atomic E-state index is 0.00232. The molecule has 0 spiro atoms. The van der Waals surface area contributed by atoms with E-state index in [1.807, 2.05) is 19.1 Å². The first-order chi connectivity index (χ1) is 12.5. The molecule has 3 rings (SSSR count). The van der Waals surface area contributed by atoms with Crippen LogP contribution in [0.2, 0.25) is 0 Å². The predicted molar refractivity (Wildman–Crippen MR) is 94.0 cm³/mol. The third-order valence-corrected chi connectivity index (χ3v) is 4.20. The van der Waals surface area contributed by atoms with Crippen LogP contribution in [0.15, 0.2) is 42.5 Å². The second-order valence-electron chi connectivity index (χ2n) is 6.07. The van der Waals surface area contributed by atoms with Crippen molar-refractivity contribution in [1.82, 2.24) is 4.90 Å². The number of ether oxygens (including phenoxy) is 2. The van der Waals surface area contributed by atoms with Gasteiger partial charge in [-0.05, 0) is 36.8 Å². The smallest absolute Gasteiger partial charge is 0.307 e. The molecule has 0 saturated carbocycles. The number of benzene rings is 2. The fraction of sp³-hybridized carbons (Fsp3) is 0.250. The molecule has 6 heteroatoms. The number of rotatable bonds is 6. The zero-order valence-electron chi connectivity index (χ0n) is 14.7. The molecule has 6 nitrogen and oxygen atoms in total. The molecule has 0 fully saturated rings. The number of carbonyl (C=O) groups is 3. The molecule has 0 saturated heterocycles. The van der Waals surface area contributed by atoms with Gasteiger partial charge in [-0.25, -0.2) is 0 Å². The molecule has 134 valence electrons. The first-order valence-electron chi connectivity index (χ1n) is 8.25. The SMILES string of the molecule is COc1cccc(COC(=O)CCN2C(=O)c3ccc(C)cc3C2=O)c1. The molecular formula is C20H19NO5. The zero-order chi connectivity index (χ0) is 18.7. The fourth-order valence-electron chi connectivity index (χ4n) is 2.81. The van der Waals surface area contributed by atoms with Gasteiger partial charge in [-0.1, -0.05) is 23.8 Å². The van der Waals surface area contributed by atoms with Crippen molar-refractivity contribution in [2.75, 3.05) is 13.7 Å². The number of esters is 1. The molecule has 0 aliphatic carbocycles. The van der Waals surface area contributed by atoms with Crippen molar-refractivity contribution < 1.29 is 23.9 Å². The maximum absolute atomic E-state index is 12.4. The summed E-state index contributed by atoms with van der Waals surface area (Å²) in [4.78, 5) is 37.7. The zero-order valence-corrected chi connectivity index (χ0v) is 14.7. The highest BCUT2D eigenvalue weighted by Gasteiger charge is 2.35. The summed E-state index contributed by atoms with van der Waals surface area (Å²) in [6, 6.07) is 12.3. The largest absolute Gasteiger partial charge is 0.497 e. The van der Waals surface area contributed by atoms with Crippen LogP contribution < -0.4 is 4.74 Å². The van der Waals surface area contributed by atoms with Gasteiger partial charge in [-0.15, -0.1) is 0 Å². The van der Waals surface area contributed by atoms with Crippen LogP contribution in [0.4, 0.5) is 0 Å². The molecule has 1 aliphatic rings. The van der Waals surface area contributed by atoms with E-state index in [1.54, 1.807) is 37.4 Å². The highest BCUT2D eigenvalue weighted by molar-refractivity contribution is 6.21. The lowest BCUT2D eigenvalue weighted by Gasteiger charge is -2.13. The van der Waals surface area contributed by atoms with Crippen molar-refractivity contribution in [1.29, 1.82) is 0 Å². The number of amides is 2. The van der Waals surface area contributed by atoms with Crippen LogP contribution in [0.25, 0.3) is 0 Å². The third-order valence-electron chi connectivity index (χ3n) is 4.20. The number of imide groups is 1. The number of nitrogens with zero attached hydrogens (tertiary/aromatic N) is 1. The van der Waals surface area contributed by atoms with E-state index in [0.29, 0.717) is 16.9 Å². The molecule has 0 aromatic heterocycles. The van der Waals surface area contributed by atoms with E-state index in [0.717, 1.165) is 16.0 Å². The van der Waals surface area contributed by atoms with Crippen LogP contribution >= 0.6 is 0 Å². The van der Waals surface area contributed by atoms with E-state index in [2.05, 4.69) is 0 Å². The van der Waals surface area contributed by atoms with Gasteiger partial charge in [-0.2, -0.15) is 0 Å². The maximum Gasteiger partial charge on any atom is 0.307 e. The molecule has 0 N–H and O–H groups in total. The summed E-state index contributed by atoms with van der Waals surface area (Å²) in [7, 11) is 1.56. The average molecular weight is 353 g/mol. The highest BCUT2D eigenvalue weighted by atomic mass is 16.5. The number of aryl methyl sites for hydroxylation is 1. The predicted octanol–water partition coefficient (Wildman–Crippen LogP) is 2.73. The molecular weight excluding hydrogens is 334 g/mol. The normalized spacial score (nSPS) is 12.9. The summed E-state index contributed by atoms with van der Waals surface area (Å²) in [5.41, 5.74) is 2.48. The van der Waals surface area contributed by atoms with Gasteiger partial charge in [-0.3, -0.25) is 19.3 Å². The Morgan fingerprint density at radius 2 is 1.81 bits per heavy atom. The maximum atomic E-state index is 12.4. The Labute approximate surface area is 151 Å². The van der Waals surface area contributed by atoms with Gasteiger partial charge in [0.1, 0.15) is 12.4 Å². The second-order valence-corrected chi connectivity index (χ2v) is 6.07. The minimum Gasteiger partial charge on any atom is -0.497 e. The number of carbonyl (C=O) groups excluding carboxylic acids is 3. The lowest BCUT2D eigenvalue weighted by molar-refractivity contribution is -0.145. The van der Waals surface area contributed by atoms with Crippen molar-refractivity contribution >= 4 is 17.8 Å². The van der Waals surface area contributed by atoms with Gasteiger partial charge in [0.05, 0.1) is 24.7 Å². The van der Waals surface area contributed by atoms with Crippen LogP contribution in [0, 0.1) is 6.92 Å². The second kappa shape index (κ2) is 7.39. The number of methoxy groups -OCH3 is 1. The van der Waals surface area contributed by atoms with E-state index in [1.165, 1.54) is 0 Å². The average Bonchev–Trinajstić information content (AvgIpc) is 2.88. The minimum atomic E-state index is -0.472. The van der Waals surface area contributed by atoms with Crippen LogP contribution in [-0.4, -0.2) is 36.3 Å². The number of hydrogen-bond acceptors (Lipinski definition) is 5. The van der Waals surface area contributed by atoms with Gasteiger partial charge in [0.2, 0.25) is 0 Å². The molecule has 26 heavy (non-hydrogen) atoms. The van der Waals surface area contributed by atoms with Gasteiger partial charge < -0.3 is 9.47 Å². The first kappa shape index (κ1) is 17.7. The third kappa shape index (κ3) is 3.59. The van der Waals surface area contributed by atoms with Crippen molar-refractivity contribution in [3.63, 3.8) is 0 Å². The van der Waals surface area contributed by atoms with Crippen LogP contribution in [0.1, 0.15) is 38.3 Å². The van der Waals surface area contributed by atoms with E-state index in [4.69, 9.17) is 9.47 Å². The summed E-state index contributed by atoms with van der Waals surface area (Å²) in [5.74, 6) is -0.527. The summed E-state index contributed by atoms with van der Waals surface area (Å²) < 4.78 is 10.3. The Hall–Kier alpha value is -3.15. The lowest BCUT2D eigenvalue weighted by atomic mass is 10.1. The Balaban J connectivity index is 1.55. The summed E-state index contributed by atoms with van der Waals surface area (Å²) in [5, 5.41) is 0. The topological polar surface area (TPSA) is 72.9 Å². The Morgan fingerprint density at radius 1 is 1.04 bits per heavy atom. The summed E-state index contributed by atoms with van der Waals surface area (Å²) in [6.45, 7) is 1.97. The van der Waals surface area contributed by atoms with Crippen molar-refractivity contribution in [2.24, 2.45) is 0 Å². The highest BCUT2D eigenvalue weighted by Crippen LogP contribution is 2.24. The Bertz CT molecular complexity index is 874. The van der Waals surface area contributed by atoms with Gasteiger partial charge >= 0.3 is 5.97 Å². The van der Waals surface area contributed by atoms with Crippen molar-refractivity contribution in [2.45, 2.75) is 20.0 Å². The van der Waals surface area contributed by atoms with Crippen molar-refractivity contribution in [3.05, 3.63) is 64.7 Å². The molecule has 2 amide bonds. The van der Waals surface area contributed by atoms with Crippen LogP contribution in [0.3, 0.4) is 0 Å². The van der Waals surface area contributed by atoms with Crippen LogP contribution in [-0.2, 0) is 16.1 Å². The Morgan fingerprint density at radius 3 is 2.58 bits per heavy atom. The van der Waals surface area contributed by atoms with Gasteiger partial charge in [0.25, 0.3) is 11.8 Å². The number of fused-ring (bicyclic) bond motifs is 1. The van der Waals surface area contributed by atoms with Crippen LogP contribution in [0.5, 0.6) is 5.75 Å². The molecule has 1 heterocycles.